The van der Waals surface area contributed by atoms with E-state index in [2.05, 4.69) is 4.98 Å². The number of amides is 1. The lowest BCUT2D eigenvalue weighted by Gasteiger charge is -2.26. The molecule has 1 N–H and O–H groups in total. The van der Waals surface area contributed by atoms with Crippen molar-refractivity contribution in [2.24, 2.45) is 0 Å². The van der Waals surface area contributed by atoms with E-state index in [-0.39, 0.29) is 12.1 Å². The quantitative estimate of drug-likeness (QED) is 0.883. The Kier molecular flexibility index (Phi) is 5.28. The zero-order valence-electron chi connectivity index (χ0n) is 15.2. The lowest BCUT2D eigenvalue weighted by molar-refractivity contribution is -0.187. The third-order valence-electron chi connectivity index (χ3n) is 4.71. The summed E-state index contributed by atoms with van der Waals surface area (Å²) in [6, 6.07) is 5.31. The summed E-state index contributed by atoms with van der Waals surface area (Å²) < 4.78 is 44.4. The highest BCUT2D eigenvalue weighted by Gasteiger charge is 2.43. The number of aryl methyl sites for hydroxylation is 2. The summed E-state index contributed by atoms with van der Waals surface area (Å²) >= 11 is 0. The van der Waals surface area contributed by atoms with E-state index >= 15 is 0 Å². The Hall–Kier alpha value is -2.35. The molecular formula is C19H21F3N2O3. The van der Waals surface area contributed by atoms with Gasteiger partial charge in [0.05, 0.1) is 18.2 Å². The first-order valence-corrected chi connectivity index (χ1v) is 8.76. The van der Waals surface area contributed by atoms with Gasteiger partial charge < -0.3 is 14.6 Å². The molecule has 2 aromatic rings. The predicted molar refractivity (Wildman–Crippen MR) is 94.5 cm³/mol. The number of pyridine rings is 1. The predicted octanol–water partition coefficient (Wildman–Crippen LogP) is 3.21. The highest BCUT2D eigenvalue weighted by molar-refractivity contribution is 5.84. The SMILES string of the molecule is Cc1cc(C)c2[nH]c(=O)c(CN(C[C@H]3CCCO3)C(=O)C(F)(F)F)cc2c1. The number of benzene rings is 1. The van der Waals surface area contributed by atoms with E-state index in [1.165, 1.54) is 0 Å². The second-order valence-corrected chi connectivity index (χ2v) is 6.99. The summed E-state index contributed by atoms with van der Waals surface area (Å²) in [5.41, 5.74) is 2.10. The van der Waals surface area contributed by atoms with Gasteiger partial charge in [-0.3, -0.25) is 9.59 Å². The molecule has 0 unspecified atom stereocenters. The molecule has 3 rings (SSSR count). The average Bonchev–Trinajstić information content (AvgIpc) is 3.07. The fourth-order valence-corrected chi connectivity index (χ4v) is 3.49. The van der Waals surface area contributed by atoms with E-state index in [4.69, 9.17) is 4.74 Å². The summed E-state index contributed by atoms with van der Waals surface area (Å²) in [5.74, 6) is -1.96. The third kappa shape index (κ3) is 4.32. The van der Waals surface area contributed by atoms with Gasteiger partial charge in [-0.05, 0) is 49.8 Å². The van der Waals surface area contributed by atoms with Crippen LogP contribution >= 0.6 is 0 Å². The smallest absolute Gasteiger partial charge is 0.376 e. The molecule has 1 atom stereocenters. The first-order valence-electron chi connectivity index (χ1n) is 8.76. The number of nitrogens with one attached hydrogen (secondary N) is 1. The van der Waals surface area contributed by atoms with Crippen LogP contribution in [-0.4, -0.2) is 41.2 Å². The van der Waals surface area contributed by atoms with Crippen LogP contribution in [0.3, 0.4) is 0 Å². The molecule has 0 bridgehead atoms. The molecule has 1 aliphatic rings. The lowest BCUT2D eigenvalue weighted by atomic mass is 10.0. The third-order valence-corrected chi connectivity index (χ3v) is 4.71. The Bertz CT molecular complexity index is 915. The van der Waals surface area contributed by atoms with Gasteiger partial charge in [0.1, 0.15) is 0 Å². The summed E-state index contributed by atoms with van der Waals surface area (Å²) in [5, 5.41) is 0.721. The zero-order chi connectivity index (χ0) is 19.8. The van der Waals surface area contributed by atoms with Crippen LogP contribution < -0.4 is 5.56 Å². The van der Waals surface area contributed by atoms with E-state index in [0.717, 1.165) is 22.9 Å². The molecule has 1 amide bonds. The van der Waals surface area contributed by atoms with E-state index in [1.54, 1.807) is 6.07 Å². The molecule has 0 radical (unpaired) electrons. The van der Waals surface area contributed by atoms with Crippen molar-refractivity contribution in [3.05, 3.63) is 45.2 Å². The van der Waals surface area contributed by atoms with E-state index < -0.39 is 30.3 Å². The number of rotatable bonds is 4. The van der Waals surface area contributed by atoms with Crippen molar-refractivity contribution in [2.75, 3.05) is 13.2 Å². The molecule has 0 aliphatic carbocycles. The number of aromatic amines is 1. The number of hydrogen-bond donors (Lipinski definition) is 1. The minimum absolute atomic E-state index is 0.114. The van der Waals surface area contributed by atoms with E-state index in [9.17, 15) is 22.8 Å². The van der Waals surface area contributed by atoms with Crippen LogP contribution in [0.25, 0.3) is 10.9 Å². The van der Waals surface area contributed by atoms with Gasteiger partial charge in [0.2, 0.25) is 0 Å². The van der Waals surface area contributed by atoms with Crippen molar-refractivity contribution >= 4 is 16.8 Å². The van der Waals surface area contributed by atoms with Gasteiger partial charge >= 0.3 is 12.1 Å². The Morgan fingerprint density at radius 1 is 1.30 bits per heavy atom. The molecule has 0 spiro atoms. The Morgan fingerprint density at radius 2 is 2.04 bits per heavy atom. The monoisotopic (exact) mass is 382 g/mol. The number of carbonyl (C=O) groups excluding carboxylic acids is 1. The normalized spacial score (nSPS) is 17.4. The molecule has 146 valence electrons. The topological polar surface area (TPSA) is 62.4 Å². The molecular weight excluding hydrogens is 361 g/mol. The number of hydrogen-bond acceptors (Lipinski definition) is 3. The molecule has 1 aromatic carbocycles. The first-order chi connectivity index (χ1) is 12.6. The number of alkyl halides is 3. The second kappa shape index (κ2) is 7.34. The second-order valence-electron chi connectivity index (χ2n) is 6.99. The standard InChI is InChI=1S/C19H21F3N2O3/c1-11-6-12(2)16-13(7-11)8-14(17(25)23-16)9-24(18(26)19(20,21)22)10-15-4-3-5-27-15/h6-8,15H,3-5,9-10H2,1-2H3,(H,23,25)/t15-/m1/s1. The van der Waals surface area contributed by atoms with Crippen molar-refractivity contribution in [3.8, 4) is 0 Å². The molecule has 1 aliphatic heterocycles. The summed E-state index contributed by atoms with van der Waals surface area (Å²) in [6.45, 7) is 3.60. The molecule has 1 saturated heterocycles. The molecule has 5 nitrogen and oxygen atoms in total. The zero-order valence-corrected chi connectivity index (χ0v) is 15.2. The van der Waals surface area contributed by atoms with Crippen LogP contribution in [0.1, 0.15) is 29.5 Å². The molecule has 2 heterocycles. The van der Waals surface area contributed by atoms with Crippen molar-refractivity contribution in [1.29, 1.82) is 0 Å². The maximum atomic E-state index is 13.0. The fraction of sp³-hybridized carbons (Fsp3) is 0.474. The maximum absolute atomic E-state index is 13.0. The van der Waals surface area contributed by atoms with Gasteiger partial charge in [-0.2, -0.15) is 13.2 Å². The van der Waals surface area contributed by atoms with Gasteiger partial charge in [-0.25, -0.2) is 0 Å². The lowest BCUT2D eigenvalue weighted by Crippen LogP contribution is -2.45. The van der Waals surface area contributed by atoms with Crippen molar-refractivity contribution < 1.29 is 22.7 Å². The largest absolute Gasteiger partial charge is 0.471 e. The highest BCUT2D eigenvalue weighted by atomic mass is 19.4. The van der Waals surface area contributed by atoms with Crippen LogP contribution in [0, 0.1) is 13.8 Å². The van der Waals surface area contributed by atoms with Gasteiger partial charge in [0.15, 0.2) is 0 Å². The van der Waals surface area contributed by atoms with Crippen LogP contribution in [0.5, 0.6) is 0 Å². The Balaban J connectivity index is 1.95. The van der Waals surface area contributed by atoms with Crippen LogP contribution in [0.15, 0.2) is 23.0 Å². The molecule has 8 heteroatoms. The minimum atomic E-state index is -5.00. The number of fused-ring (bicyclic) bond motifs is 1. The summed E-state index contributed by atoms with van der Waals surface area (Å²) in [7, 11) is 0. The summed E-state index contributed by atoms with van der Waals surface area (Å²) in [6.07, 6.45) is -4.11. The highest BCUT2D eigenvalue weighted by Crippen LogP contribution is 2.23. The fourth-order valence-electron chi connectivity index (χ4n) is 3.49. The number of nitrogens with zero attached hydrogens (tertiary/aromatic N) is 1. The number of ether oxygens (including phenoxy) is 1. The number of carbonyl (C=O) groups is 1. The number of H-pyrrole nitrogens is 1. The summed E-state index contributed by atoms with van der Waals surface area (Å²) in [4.78, 5) is 27.7. The number of halogens is 3. The van der Waals surface area contributed by atoms with Gasteiger partial charge in [-0.15, -0.1) is 0 Å². The van der Waals surface area contributed by atoms with Crippen LogP contribution in [-0.2, 0) is 16.1 Å². The number of aromatic nitrogens is 1. The van der Waals surface area contributed by atoms with Crippen LogP contribution in [0.4, 0.5) is 13.2 Å². The van der Waals surface area contributed by atoms with Gasteiger partial charge in [0.25, 0.3) is 5.56 Å². The van der Waals surface area contributed by atoms with E-state index in [0.29, 0.717) is 23.4 Å². The van der Waals surface area contributed by atoms with E-state index in [1.807, 2.05) is 26.0 Å². The van der Waals surface area contributed by atoms with Gasteiger partial charge in [-0.1, -0.05) is 11.6 Å². The van der Waals surface area contributed by atoms with Crippen molar-refractivity contribution in [2.45, 2.75) is 45.5 Å². The average molecular weight is 382 g/mol. The van der Waals surface area contributed by atoms with Crippen LogP contribution in [0.2, 0.25) is 0 Å². The Morgan fingerprint density at radius 3 is 2.67 bits per heavy atom. The van der Waals surface area contributed by atoms with Gasteiger partial charge in [0, 0.05) is 18.7 Å². The molecule has 1 aromatic heterocycles. The molecule has 27 heavy (non-hydrogen) atoms. The maximum Gasteiger partial charge on any atom is 0.471 e. The van der Waals surface area contributed by atoms with Crippen molar-refractivity contribution in [3.63, 3.8) is 0 Å². The molecule has 0 saturated carbocycles. The minimum Gasteiger partial charge on any atom is -0.376 e. The molecule has 1 fully saturated rings. The van der Waals surface area contributed by atoms with Crippen molar-refractivity contribution in [1.82, 2.24) is 9.88 Å². The first kappa shape index (κ1) is 19.4. The Labute approximate surface area is 154 Å².